The normalized spacial score (nSPS) is 15.9. The minimum atomic E-state index is -3.44. The Bertz CT molecular complexity index is 909. The molecule has 1 aliphatic rings. The molecule has 0 bridgehead atoms. The van der Waals surface area contributed by atoms with Crippen LogP contribution in [0.25, 0.3) is 0 Å². The van der Waals surface area contributed by atoms with Crippen molar-refractivity contribution in [2.45, 2.75) is 30.8 Å². The van der Waals surface area contributed by atoms with Crippen LogP contribution in [0.3, 0.4) is 0 Å². The summed E-state index contributed by atoms with van der Waals surface area (Å²) in [5.41, 5.74) is 2.92. The third kappa shape index (κ3) is 4.14. The fourth-order valence-electron chi connectivity index (χ4n) is 3.34. The van der Waals surface area contributed by atoms with Crippen LogP contribution < -0.4 is 5.32 Å². The molecule has 0 radical (unpaired) electrons. The second-order valence-electron chi connectivity index (χ2n) is 6.82. The lowest BCUT2D eigenvalue weighted by Crippen LogP contribution is -2.44. The maximum absolute atomic E-state index is 12.5. The maximum Gasteiger partial charge on any atom is 0.252 e. The number of nitrogens with one attached hydrogen (secondary N) is 1. The standard InChI is InChI=1S/C20H24N2O3S/c1-15(22-12-11-16-7-3-4-8-17(16)14-22)13-21-20(23)18-9-5-6-10-19(18)26(2,24)25/h3-10,15H,11-14H2,1-2H3,(H,21,23). The molecule has 1 atom stereocenters. The predicted octanol–water partition coefficient (Wildman–Crippen LogP) is 2.27. The Labute approximate surface area is 154 Å². The van der Waals surface area contributed by atoms with Gasteiger partial charge < -0.3 is 5.32 Å². The Morgan fingerprint density at radius 2 is 1.77 bits per heavy atom. The van der Waals surface area contributed by atoms with Crippen LogP contribution in [0, 0.1) is 0 Å². The Balaban J connectivity index is 1.64. The van der Waals surface area contributed by atoms with E-state index in [1.165, 1.54) is 17.2 Å². The van der Waals surface area contributed by atoms with Crippen molar-refractivity contribution in [1.29, 1.82) is 0 Å². The lowest BCUT2D eigenvalue weighted by Gasteiger charge is -2.33. The van der Waals surface area contributed by atoms with Gasteiger partial charge in [-0.1, -0.05) is 36.4 Å². The van der Waals surface area contributed by atoms with Crippen LogP contribution in [0.15, 0.2) is 53.4 Å². The summed E-state index contributed by atoms with van der Waals surface area (Å²) >= 11 is 0. The molecule has 6 heteroatoms. The quantitative estimate of drug-likeness (QED) is 0.874. The molecule has 0 aromatic heterocycles. The summed E-state index contributed by atoms with van der Waals surface area (Å²) in [7, 11) is -3.44. The minimum Gasteiger partial charge on any atom is -0.350 e. The lowest BCUT2D eigenvalue weighted by atomic mass is 9.99. The third-order valence-electron chi connectivity index (χ3n) is 4.87. The van der Waals surface area contributed by atoms with Crippen molar-refractivity contribution in [1.82, 2.24) is 10.2 Å². The van der Waals surface area contributed by atoms with Gasteiger partial charge in [-0.2, -0.15) is 0 Å². The van der Waals surface area contributed by atoms with E-state index in [-0.39, 0.29) is 22.4 Å². The SMILES string of the molecule is CC(CNC(=O)c1ccccc1S(C)(=O)=O)N1CCc2ccccc2C1. The predicted molar refractivity (Wildman–Crippen MR) is 102 cm³/mol. The Morgan fingerprint density at radius 1 is 1.12 bits per heavy atom. The molecule has 26 heavy (non-hydrogen) atoms. The number of nitrogens with zero attached hydrogens (tertiary/aromatic N) is 1. The smallest absolute Gasteiger partial charge is 0.252 e. The van der Waals surface area contributed by atoms with E-state index in [2.05, 4.69) is 41.4 Å². The number of hydrogen-bond acceptors (Lipinski definition) is 4. The van der Waals surface area contributed by atoms with E-state index in [1.54, 1.807) is 18.2 Å². The summed E-state index contributed by atoms with van der Waals surface area (Å²) in [6.45, 7) is 4.37. The number of hydrogen-bond donors (Lipinski definition) is 1. The van der Waals surface area contributed by atoms with E-state index >= 15 is 0 Å². The lowest BCUT2D eigenvalue weighted by molar-refractivity contribution is 0.0929. The summed E-state index contributed by atoms with van der Waals surface area (Å²) in [6, 6.07) is 14.9. The number of rotatable bonds is 5. The summed E-state index contributed by atoms with van der Waals surface area (Å²) in [4.78, 5) is 14.9. The van der Waals surface area contributed by atoms with Gasteiger partial charge in [-0.3, -0.25) is 9.69 Å². The van der Waals surface area contributed by atoms with Gasteiger partial charge in [0.15, 0.2) is 9.84 Å². The highest BCUT2D eigenvalue weighted by Crippen LogP contribution is 2.20. The molecule has 2 aromatic rings. The van der Waals surface area contributed by atoms with E-state index in [1.807, 2.05) is 0 Å². The summed E-state index contributed by atoms with van der Waals surface area (Å²) in [6.07, 6.45) is 2.12. The maximum atomic E-state index is 12.5. The van der Waals surface area contributed by atoms with Crippen molar-refractivity contribution in [2.75, 3.05) is 19.3 Å². The monoisotopic (exact) mass is 372 g/mol. The van der Waals surface area contributed by atoms with Crippen molar-refractivity contribution in [3.8, 4) is 0 Å². The van der Waals surface area contributed by atoms with E-state index in [4.69, 9.17) is 0 Å². The van der Waals surface area contributed by atoms with Crippen LogP contribution in [0.2, 0.25) is 0 Å². The van der Waals surface area contributed by atoms with E-state index in [0.29, 0.717) is 6.54 Å². The molecular formula is C20H24N2O3S. The Hall–Kier alpha value is -2.18. The van der Waals surface area contributed by atoms with E-state index in [9.17, 15) is 13.2 Å². The third-order valence-corrected chi connectivity index (χ3v) is 6.03. The van der Waals surface area contributed by atoms with Gasteiger partial charge in [0.05, 0.1) is 10.5 Å². The minimum absolute atomic E-state index is 0.0667. The molecule has 1 aliphatic heterocycles. The molecule has 0 spiro atoms. The topological polar surface area (TPSA) is 66.5 Å². The molecule has 1 N–H and O–H groups in total. The highest BCUT2D eigenvalue weighted by atomic mass is 32.2. The zero-order valence-electron chi connectivity index (χ0n) is 15.1. The molecule has 0 aliphatic carbocycles. The molecule has 1 unspecified atom stereocenters. The van der Waals surface area contributed by atoms with Crippen LogP contribution in [0.1, 0.15) is 28.4 Å². The van der Waals surface area contributed by atoms with Crippen LogP contribution in [-0.4, -0.2) is 44.6 Å². The Morgan fingerprint density at radius 3 is 2.50 bits per heavy atom. The van der Waals surface area contributed by atoms with Crippen molar-refractivity contribution in [3.05, 3.63) is 65.2 Å². The number of carbonyl (C=O) groups excluding carboxylic acids is 1. The average molecular weight is 372 g/mol. The van der Waals surface area contributed by atoms with Gasteiger partial charge in [-0.05, 0) is 36.6 Å². The second kappa shape index (κ2) is 7.60. The first kappa shape index (κ1) is 18.6. The molecule has 5 nitrogen and oxygen atoms in total. The van der Waals surface area contributed by atoms with Crippen molar-refractivity contribution in [2.24, 2.45) is 0 Å². The number of carbonyl (C=O) groups is 1. The largest absolute Gasteiger partial charge is 0.350 e. The van der Waals surface area contributed by atoms with E-state index < -0.39 is 9.84 Å². The van der Waals surface area contributed by atoms with Gasteiger partial charge in [0, 0.05) is 31.9 Å². The molecule has 0 saturated carbocycles. The Kier molecular flexibility index (Phi) is 5.44. The summed E-state index contributed by atoms with van der Waals surface area (Å²) in [5, 5.41) is 2.89. The first-order chi connectivity index (χ1) is 12.4. The number of sulfone groups is 1. The number of fused-ring (bicyclic) bond motifs is 1. The summed E-state index contributed by atoms with van der Waals surface area (Å²) in [5.74, 6) is -0.352. The van der Waals surface area contributed by atoms with Crippen LogP contribution in [0.4, 0.5) is 0 Å². The van der Waals surface area contributed by atoms with Crippen molar-refractivity contribution in [3.63, 3.8) is 0 Å². The van der Waals surface area contributed by atoms with Crippen molar-refractivity contribution < 1.29 is 13.2 Å². The molecule has 0 fully saturated rings. The van der Waals surface area contributed by atoms with Crippen LogP contribution >= 0.6 is 0 Å². The number of benzene rings is 2. The van der Waals surface area contributed by atoms with Gasteiger partial charge in [0.2, 0.25) is 0 Å². The van der Waals surface area contributed by atoms with Gasteiger partial charge >= 0.3 is 0 Å². The zero-order valence-corrected chi connectivity index (χ0v) is 15.9. The molecule has 2 aromatic carbocycles. The fourth-order valence-corrected chi connectivity index (χ4v) is 4.22. The average Bonchev–Trinajstić information content (AvgIpc) is 2.64. The molecular weight excluding hydrogens is 348 g/mol. The van der Waals surface area contributed by atoms with Gasteiger partial charge in [-0.25, -0.2) is 8.42 Å². The van der Waals surface area contributed by atoms with Gasteiger partial charge in [0.1, 0.15) is 0 Å². The molecule has 3 rings (SSSR count). The van der Waals surface area contributed by atoms with Gasteiger partial charge in [-0.15, -0.1) is 0 Å². The molecule has 1 amide bonds. The van der Waals surface area contributed by atoms with Crippen molar-refractivity contribution >= 4 is 15.7 Å². The van der Waals surface area contributed by atoms with Crippen LogP contribution in [-0.2, 0) is 22.8 Å². The second-order valence-corrected chi connectivity index (χ2v) is 8.80. The highest BCUT2D eigenvalue weighted by molar-refractivity contribution is 7.90. The van der Waals surface area contributed by atoms with E-state index in [0.717, 1.165) is 25.8 Å². The first-order valence-corrected chi connectivity index (χ1v) is 10.6. The van der Waals surface area contributed by atoms with Crippen LogP contribution in [0.5, 0.6) is 0 Å². The number of amides is 1. The summed E-state index contributed by atoms with van der Waals surface area (Å²) < 4.78 is 23.7. The fraction of sp³-hybridized carbons (Fsp3) is 0.350. The molecule has 138 valence electrons. The van der Waals surface area contributed by atoms with Gasteiger partial charge in [0.25, 0.3) is 5.91 Å². The molecule has 0 saturated heterocycles. The highest BCUT2D eigenvalue weighted by Gasteiger charge is 2.22. The first-order valence-electron chi connectivity index (χ1n) is 8.74. The zero-order chi connectivity index (χ0) is 18.7. The molecule has 1 heterocycles.